The first-order chi connectivity index (χ1) is 6.86. The maximum absolute atomic E-state index is 12.5. The number of rotatable bonds is 2. The van der Waals surface area contributed by atoms with Gasteiger partial charge < -0.3 is 4.74 Å². The van der Waals surface area contributed by atoms with Crippen LogP contribution in [0.15, 0.2) is 18.2 Å². The third-order valence-corrected chi connectivity index (χ3v) is 1.95. The molecule has 82 valence electrons. The van der Waals surface area contributed by atoms with Crippen LogP contribution in [0.3, 0.4) is 0 Å². The van der Waals surface area contributed by atoms with Gasteiger partial charge in [0.15, 0.2) is 0 Å². The number of alkyl halides is 3. The van der Waals surface area contributed by atoms with Crippen molar-refractivity contribution in [2.75, 3.05) is 7.11 Å². The van der Waals surface area contributed by atoms with Crippen molar-refractivity contribution in [3.8, 4) is 5.75 Å². The molecule has 0 aliphatic rings. The molecule has 1 aromatic rings. The van der Waals surface area contributed by atoms with Crippen LogP contribution >= 0.6 is 11.6 Å². The molecule has 0 aliphatic carbocycles. The standard InChI is InChI=1S/C9H6ClF3O2/c1-15-5-2-3-6(8(10)14)7(4-5)9(11,12)13/h2-4H,1H3. The lowest BCUT2D eigenvalue weighted by Crippen LogP contribution is -2.11. The van der Waals surface area contributed by atoms with Gasteiger partial charge in [-0.2, -0.15) is 13.2 Å². The van der Waals surface area contributed by atoms with Gasteiger partial charge in [0, 0.05) is 5.56 Å². The van der Waals surface area contributed by atoms with E-state index in [0.29, 0.717) is 0 Å². The first kappa shape index (κ1) is 11.8. The molecule has 15 heavy (non-hydrogen) atoms. The van der Waals surface area contributed by atoms with Crippen molar-refractivity contribution in [3.05, 3.63) is 29.3 Å². The number of carbonyl (C=O) groups excluding carboxylic acids is 1. The van der Waals surface area contributed by atoms with Gasteiger partial charge in [0.1, 0.15) is 5.75 Å². The summed E-state index contributed by atoms with van der Waals surface area (Å²) < 4.78 is 42.0. The number of hydrogen-bond acceptors (Lipinski definition) is 2. The Morgan fingerprint density at radius 3 is 2.40 bits per heavy atom. The molecule has 0 heterocycles. The number of carbonyl (C=O) groups is 1. The second-order valence-electron chi connectivity index (χ2n) is 2.68. The van der Waals surface area contributed by atoms with E-state index in [1.54, 1.807) is 0 Å². The summed E-state index contributed by atoms with van der Waals surface area (Å²) in [5.41, 5.74) is -1.67. The number of methoxy groups -OCH3 is 1. The number of halogens is 4. The molecule has 0 N–H and O–H groups in total. The molecule has 0 atom stereocenters. The van der Waals surface area contributed by atoms with Crippen LogP contribution in [0.4, 0.5) is 13.2 Å². The van der Waals surface area contributed by atoms with Crippen LogP contribution in [0.1, 0.15) is 15.9 Å². The van der Waals surface area contributed by atoms with E-state index in [0.717, 1.165) is 12.1 Å². The van der Waals surface area contributed by atoms with Crippen LogP contribution in [0.5, 0.6) is 5.75 Å². The summed E-state index contributed by atoms with van der Waals surface area (Å²) in [4.78, 5) is 10.7. The van der Waals surface area contributed by atoms with Gasteiger partial charge in [-0.15, -0.1) is 0 Å². The highest BCUT2D eigenvalue weighted by Gasteiger charge is 2.35. The minimum Gasteiger partial charge on any atom is -0.497 e. The summed E-state index contributed by atoms with van der Waals surface area (Å²) in [6, 6.07) is 2.96. The zero-order valence-electron chi connectivity index (χ0n) is 7.56. The van der Waals surface area contributed by atoms with E-state index in [1.165, 1.54) is 13.2 Å². The molecular formula is C9H6ClF3O2. The lowest BCUT2D eigenvalue weighted by molar-refractivity contribution is -0.138. The SMILES string of the molecule is COc1ccc(C(=O)Cl)c(C(F)(F)F)c1. The lowest BCUT2D eigenvalue weighted by atomic mass is 10.1. The summed E-state index contributed by atoms with van der Waals surface area (Å²) in [7, 11) is 1.23. The van der Waals surface area contributed by atoms with Gasteiger partial charge in [0.25, 0.3) is 5.24 Å². The Morgan fingerprint density at radius 1 is 1.40 bits per heavy atom. The van der Waals surface area contributed by atoms with Crippen molar-refractivity contribution in [2.45, 2.75) is 6.18 Å². The zero-order chi connectivity index (χ0) is 11.6. The minimum atomic E-state index is -4.63. The smallest absolute Gasteiger partial charge is 0.417 e. The quantitative estimate of drug-likeness (QED) is 0.740. The van der Waals surface area contributed by atoms with Gasteiger partial charge in [0.2, 0.25) is 0 Å². The molecule has 0 radical (unpaired) electrons. The largest absolute Gasteiger partial charge is 0.497 e. The molecule has 0 aliphatic heterocycles. The molecule has 0 spiro atoms. The summed E-state index contributed by atoms with van der Waals surface area (Å²) in [5, 5.41) is -1.15. The number of benzene rings is 1. The molecule has 0 bridgehead atoms. The molecule has 6 heteroatoms. The summed E-state index contributed by atoms with van der Waals surface area (Å²) in [5.74, 6) is 0.0176. The molecular weight excluding hydrogens is 233 g/mol. The third-order valence-electron chi connectivity index (χ3n) is 1.74. The summed E-state index contributed by atoms with van der Waals surface area (Å²) in [6.45, 7) is 0. The highest BCUT2D eigenvalue weighted by molar-refractivity contribution is 6.67. The Kier molecular flexibility index (Phi) is 3.24. The van der Waals surface area contributed by atoms with Crippen LogP contribution in [0, 0.1) is 0 Å². The van der Waals surface area contributed by atoms with E-state index in [1.807, 2.05) is 0 Å². The lowest BCUT2D eigenvalue weighted by Gasteiger charge is -2.11. The third kappa shape index (κ3) is 2.62. The number of hydrogen-bond donors (Lipinski definition) is 0. The van der Waals surface area contributed by atoms with E-state index in [2.05, 4.69) is 4.74 Å². The van der Waals surface area contributed by atoms with Crippen LogP contribution in [0.2, 0.25) is 0 Å². The van der Waals surface area contributed by atoms with Crippen LogP contribution in [-0.4, -0.2) is 12.4 Å². The van der Waals surface area contributed by atoms with Crippen LogP contribution in [0.25, 0.3) is 0 Å². The maximum atomic E-state index is 12.5. The maximum Gasteiger partial charge on any atom is 0.417 e. The van der Waals surface area contributed by atoms with Crippen molar-refractivity contribution in [2.24, 2.45) is 0 Å². The van der Waals surface area contributed by atoms with Gasteiger partial charge in [-0.25, -0.2) is 0 Å². The Labute approximate surface area is 88.6 Å². The highest BCUT2D eigenvalue weighted by atomic mass is 35.5. The molecule has 1 aromatic carbocycles. The Balaban J connectivity index is 3.36. The number of ether oxygens (including phenoxy) is 1. The molecule has 0 fully saturated rings. The predicted molar refractivity (Wildman–Crippen MR) is 48.2 cm³/mol. The van der Waals surface area contributed by atoms with Gasteiger partial charge in [-0.05, 0) is 29.8 Å². The van der Waals surface area contributed by atoms with E-state index in [-0.39, 0.29) is 5.75 Å². The van der Waals surface area contributed by atoms with E-state index in [9.17, 15) is 18.0 Å². The molecule has 2 nitrogen and oxygen atoms in total. The van der Waals surface area contributed by atoms with Crippen LogP contribution in [-0.2, 0) is 6.18 Å². The highest BCUT2D eigenvalue weighted by Crippen LogP contribution is 2.34. The molecule has 0 aromatic heterocycles. The Hall–Kier alpha value is -1.23. The van der Waals surface area contributed by atoms with Crippen molar-refractivity contribution >= 4 is 16.8 Å². The van der Waals surface area contributed by atoms with Crippen molar-refractivity contribution in [1.82, 2.24) is 0 Å². The van der Waals surface area contributed by atoms with Gasteiger partial charge in [0.05, 0.1) is 12.7 Å². The topological polar surface area (TPSA) is 26.3 Å². The minimum absolute atomic E-state index is 0.0176. The molecule has 0 saturated carbocycles. The Morgan fingerprint density at radius 2 is 2.00 bits per heavy atom. The van der Waals surface area contributed by atoms with Crippen molar-refractivity contribution in [3.63, 3.8) is 0 Å². The van der Waals surface area contributed by atoms with Crippen molar-refractivity contribution < 1.29 is 22.7 Å². The molecule has 1 rings (SSSR count). The van der Waals surface area contributed by atoms with Gasteiger partial charge in [-0.1, -0.05) is 0 Å². The molecule has 0 amide bonds. The normalized spacial score (nSPS) is 11.3. The van der Waals surface area contributed by atoms with E-state index >= 15 is 0 Å². The second kappa shape index (κ2) is 4.10. The first-order valence-electron chi connectivity index (χ1n) is 3.81. The fourth-order valence-electron chi connectivity index (χ4n) is 1.06. The van der Waals surface area contributed by atoms with E-state index in [4.69, 9.17) is 11.6 Å². The average Bonchev–Trinajstić information content (AvgIpc) is 2.15. The fraction of sp³-hybridized carbons (Fsp3) is 0.222. The Bertz CT molecular complexity index is 387. The summed E-state index contributed by atoms with van der Waals surface area (Å²) >= 11 is 5.03. The first-order valence-corrected chi connectivity index (χ1v) is 4.19. The van der Waals surface area contributed by atoms with Gasteiger partial charge in [-0.3, -0.25) is 4.79 Å². The zero-order valence-corrected chi connectivity index (χ0v) is 8.32. The van der Waals surface area contributed by atoms with Crippen LogP contribution < -0.4 is 4.74 Å². The van der Waals surface area contributed by atoms with Gasteiger partial charge >= 0.3 is 6.18 Å². The molecule has 0 unspecified atom stereocenters. The fourth-order valence-corrected chi connectivity index (χ4v) is 1.22. The average molecular weight is 239 g/mol. The monoisotopic (exact) mass is 238 g/mol. The predicted octanol–water partition coefficient (Wildman–Crippen LogP) is 3.09. The second-order valence-corrected chi connectivity index (χ2v) is 3.03. The van der Waals surface area contributed by atoms with Crippen molar-refractivity contribution in [1.29, 1.82) is 0 Å². The molecule has 0 saturated heterocycles. The van der Waals surface area contributed by atoms with E-state index < -0.39 is 22.5 Å². The summed E-state index contributed by atoms with van der Waals surface area (Å²) in [6.07, 6.45) is -4.63.